The fourth-order valence-electron chi connectivity index (χ4n) is 1.80. The molecule has 0 fully saturated rings. The van der Waals surface area contributed by atoms with Gasteiger partial charge >= 0.3 is 0 Å². The molecule has 0 saturated heterocycles. The first-order chi connectivity index (χ1) is 8.44. The fourth-order valence-corrected chi connectivity index (χ4v) is 2.73. The van der Waals surface area contributed by atoms with E-state index in [-0.39, 0.29) is 0 Å². The number of thiazole rings is 1. The van der Waals surface area contributed by atoms with Crippen molar-refractivity contribution in [1.29, 1.82) is 0 Å². The first kappa shape index (κ1) is 13.4. The average Bonchev–Trinajstić information content (AvgIpc) is 2.81. The summed E-state index contributed by atoms with van der Waals surface area (Å²) in [5.74, 6) is -3.08. The number of aryl methyl sites for hydroxylation is 2. The number of imidazole rings is 1. The number of nitrogens with one attached hydrogen (secondary N) is 1. The van der Waals surface area contributed by atoms with Gasteiger partial charge in [0.1, 0.15) is 6.61 Å². The van der Waals surface area contributed by atoms with Gasteiger partial charge in [-0.25, -0.2) is 13.8 Å². The highest BCUT2D eigenvalue weighted by atomic mass is 32.1. The van der Waals surface area contributed by atoms with Crippen molar-refractivity contribution in [3.63, 3.8) is 0 Å². The summed E-state index contributed by atoms with van der Waals surface area (Å²) in [6.07, 6.45) is 0. The number of aliphatic hydroxyl groups excluding tert-OH is 1. The Bertz CT molecular complexity index is 550. The molecule has 0 aliphatic rings. The zero-order chi connectivity index (χ0) is 13.3. The molecule has 0 aliphatic carbocycles. The van der Waals surface area contributed by atoms with Crippen LogP contribution in [0.4, 0.5) is 8.78 Å². The quantitative estimate of drug-likeness (QED) is 0.873. The van der Waals surface area contributed by atoms with Crippen molar-refractivity contribution in [3.8, 4) is 0 Å². The topological polar surface area (TPSA) is 49.6 Å². The molecule has 0 aromatic carbocycles. The number of fused-ring (bicyclic) bond motifs is 1. The molecular weight excluding hydrogens is 260 g/mol. The lowest BCUT2D eigenvalue weighted by Gasteiger charge is -2.14. The van der Waals surface area contributed by atoms with Crippen molar-refractivity contribution in [3.05, 3.63) is 22.5 Å². The molecule has 0 unspecified atom stereocenters. The van der Waals surface area contributed by atoms with E-state index in [9.17, 15) is 8.78 Å². The molecule has 2 aromatic rings. The Kier molecular flexibility index (Phi) is 3.65. The molecule has 0 bridgehead atoms. The maximum absolute atomic E-state index is 12.9. The van der Waals surface area contributed by atoms with Crippen LogP contribution < -0.4 is 5.32 Å². The highest BCUT2D eigenvalue weighted by Crippen LogP contribution is 2.20. The van der Waals surface area contributed by atoms with E-state index in [2.05, 4.69) is 10.3 Å². The Morgan fingerprint density at radius 3 is 2.89 bits per heavy atom. The van der Waals surface area contributed by atoms with Crippen LogP contribution in [0.5, 0.6) is 0 Å². The number of aromatic nitrogens is 2. The second-order valence-corrected chi connectivity index (χ2v) is 5.09. The van der Waals surface area contributed by atoms with Gasteiger partial charge in [-0.2, -0.15) is 0 Å². The highest BCUT2D eigenvalue weighted by molar-refractivity contribution is 7.15. The molecule has 0 aliphatic heterocycles. The number of hydrogen-bond donors (Lipinski definition) is 2. The maximum Gasteiger partial charge on any atom is 0.282 e. The van der Waals surface area contributed by atoms with Gasteiger partial charge in [-0.15, -0.1) is 11.3 Å². The summed E-state index contributed by atoms with van der Waals surface area (Å²) in [5.41, 5.74) is 2.77. The van der Waals surface area contributed by atoms with Crippen LogP contribution in [-0.4, -0.2) is 33.6 Å². The molecule has 7 heteroatoms. The third-order valence-corrected chi connectivity index (χ3v) is 3.68. The molecular formula is C11H15F2N3OS. The van der Waals surface area contributed by atoms with E-state index >= 15 is 0 Å². The van der Waals surface area contributed by atoms with Gasteiger partial charge in [-0.1, -0.05) is 0 Å². The molecule has 4 nitrogen and oxygen atoms in total. The Morgan fingerprint density at radius 2 is 2.22 bits per heavy atom. The summed E-state index contributed by atoms with van der Waals surface area (Å²) in [6, 6.07) is 0. The van der Waals surface area contributed by atoms with Crippen molar-refractivity contribution in [2.24, 2.45) is 0 Å². The van der Waals surface area contributed by atoms with Crippen LogP contribution in [0.3, 0.4) is 0 Å². The molecule has 2 aromatic heterocycles. The fraction of sp³-hybridized carbons (Fsp3) is 0.545. The summed E-state index contributed by atoms with van der Waals surface area (Å²) in [4.78, 5) is 5.24. The largest absolute Gasteiger partial charge is 0.390 e. The summed E-state index contributed by atoms with van der Waals surface area (Å²) >= 11 is 1.53. The lowest BCUT2D eigenvalue weighted by Crippen LogP contribution is -2.35. The van der Waals surface area contributed by atoms with Crippen LogP contribution in [0.25, 0.3) is 4.96 Å². The van der Waals surface area contributed by atoms with Crippen molar-refractivity contribution < 1.29 is 13.9 Å². The van der Waals surface area contributed by atoms with Gasteiger partial charge in [0, 0.05) is 17.6 Å². The lowest BCUT2D eigenvalue weighted by atomic mass is 10.3. The number of alkyl halides is 2. The first-order valence-corrected chi connectivity index (χ1v) is 6.44. The molecule has 0 spiro atoms. The number of hydrogen-bond acceptors (Lipinski definition) is 4. The molecule has 0 atom stereocenters. The molecule has 18 heavy (non-hydrogen) atoms. The average molecular weight is 275 g/mol. The maximum atomic E-state index is 12.9. The summed E-state index contributed by atoms with van der Waals surface area (Å²) in [6.45, 7) is 2.44. The zero-order valence-corrected chi connectivity index (χ0v) is 11.0. The number of rotatable bonds is 5. The van der Waals surface area contributed by atoms with Crippen LogP contribution in [0.2, 0.25) is 0 Å². The normalized spacial score (nSPS) is 12.5. The van der Waals surface area contributed by atoms with Crippen LogP contribution >= 0.6 is 11.3 Å². The van der Waals surface area contributed by atoms with Gasteiger partial charge in [0.05, 0.1) is 17.9 Å². The van der Waals surface area contributed by atoms with E-state index in [0.717, 1.165) is 22.0 Å². The Hall–Kier alpha value is -1.05. The summed E-state index contributed by atoms with van der Waals surface area (Å²) in [7, 11) is 0. The van der Waals surface area contributed by atoms with Crippen LogP contribution in [0.1, 0.15) is 17.1 Å². The van der Waals surface area contributed by atoms with Gasteiger partial charge in [0.2, 0.25) is 0 Å². The number of aliphatic hydroxyl groups is 1. The summed E-state index contributed by atoms with van der Waals surface area (Å²) in [5, 5.41) is 13.1. The van der Waals surface area contributed by atoms with Crippen molar-refractivity contribution in [2.45, 2.75) is 26.3 Å². The van der Waals surface area contributed by atoms with Gasteiger partial charge in [0.25, 0.3) is 5.92 Å². The van der Waals surface area contributed by atoms with Crippen LogP contribution in [0.15, 0.2) is 5.38 Å². The Labute approximate surface area is 107 Å². The van der Waals surface area contributed by atoms with Gasteiger partial charge < -0.3 is 10.4 Å². The zero-order valence-electron chi connectivity index (χ0n) is 10.2. The standard InChI is InChI=1S/C11H15F2N3OS/c1-7-4-18-10-15-8(2)9(16(7)10)3-14-5-11(12,13)6-17/h4,14,17H,3,5-6H2,1-2H3. The van der Waals surface area contributed by atoms with E-state index < -0.39 is 19.1 Å². The SMILES string of the molecule is Cc1nc2scc(C)n2c1CNCC(F)(F)CO. The third kappa shape index (κ3) is 2.52. The first-order valence-electron chi connectivity index (χ1n) is 5.56. The number of nitrogens with zero attached hydrogens (tertiary/aromatic N) is 2. The van der Waals surface area contributed by atoms with Crippen LogP contribution in [-0.2, 0) is 6.54 Å². The Balaban J connectivity index is 2.12. The molecule has 2 N–H and O–H groups in total. The minimum atomic E-state index is -3.08. The molecule has 0 saturated carbocycles. The number of halogens is 2. The second kappa shape index (κ2) is 4.91. The predicted molar refractivity (Wildman–Crippen MR) is 66.3 cm³/mol. The molecule has 2 heterocycles. The smallest absolute Gasteiger partial charge is 0.282 e. The van der Waals surface area contributed by atoms with Crippen molar-refractivity contribution >= 4 is 16.3 Å². The van der Waals surface area contributed by atoms with E-state index in [0.29, 0.717) is 6.54 Å². The summed E-state index contributed by atoms with van der Waals surface area (Å²) < 4.78 is 27.7. The van der Waals surface area contributed by atoms with E-state index in [1.54, 1.807) is 0 Å². The predicted octanol–water partition coefficient (Wildman–Crippen LogP) is 1.73. The monoisotopic (exact) mass is 275 g/mol. The minimum Gasteiger partial charge on any atom is -0.390 e. The lowest BCUT2D eigenvalue weighted by molar-refractivity contribution is -0.0478. The molecule has 0 radical (unpaired) electrons. The molecule has 100 valence electrons. The molecule has 2 rings (SSSR count). The molecule has 0 amide bonds. The minimum absolute atomic E-state index is 0.306. The van der Waals surface area contributed by atoms with Crippen molar-refractivity contribution in [1.82, 2.24) is 14.7 Å². The van der Waals surface area contributed by atoms with Gasteiger partial charge in [-0.3, -0.25) is 4.40 Å². The van der Waals surface area contributed by atoms with E-state index in [1.165, 1.54) is 11.3 Å². The Morgan fingerprint density at radius 1 is 1.50 bits per heavy atom. The van der Waals surface area contributed by atoms with Crippen molar-refractivity contribution in [2.75, 3.05) is 13.2 Å². The van der Waals surface area contributed by atoms with Gasteiger partial charge in [-0.05, 0) is 13.8 Å². The van der Waals surface area contributed by atoms with E-state index in [1.807, 2.05) is 23.6 Å². The van der Waals surface area contributed by atoms with E-state index in [4.69, 9.17) is 5.11 Å². The van der Waals surface area contributed by atoms with Gasteiger partial charge in [0.15, 0.2) is 4.96 Å². The van der Waals surface area contributed by atoms with Crippen LogP contribution in [0, 0.1) is 13.8 Å². The third-order valence-electron chi connectivity index (χ3n) is 2.74. The second-order valence-electron chi connectivity index (χ2n) is 4.26. The highest BCUT2D eigenvalue weighted by Gasteiger charge is 2.27.